The summed E-state index contributed by atoms with van der Waals surface area (Å²) in [7, 11) is 0. The van der Waals surface area contributed by atoms with Crippen LogP contribution in [0.1, 0.15) is 58.4 Å². The maximum absolute atomic E-state index is 12.7. The molecule has 0 saturated heterocycles. The van der Waals surface area contributed by atoms with Gasteiger partial charge in [-0.3, -0.25) is 14.5 Å². The number of carbonyl (C=O) groups is 2. The highest BCUT2D eigenvalue weighted by atomic mass is 35.5. The van der Waals surface area contributed by atoms with E-state index in [4.69, 9.17) is 16.6 Å². The Bertz CT molecular complexity index is 1410. The van der Waals surface area contributed by atoms with E-state index in [0.29, 0.717) is 42.2 Å². The van der Waals surface area contributed by atoms with Crippen molar-refractivity contribution in [1.29, 1.82) is 0 Å². The second-order valence-electron chi connectivity index (χ2n) is 9.95. The molecular weight excluding hydrogens is 496 g/mol. The fourth-order valence-corrected chi connectivity index (χ4v) is 5.12. The number of nitrogens with one attached hydrogen (secondary N) is 1. The zero-order valence-electron chi connectivity index (χ0n) is 21.6. The smallest absolute Gasteiger partial charge is 0.261 e. The normalized spacial score (nSPS) is 13.8. The molecule has 1 aliphatic rings. The molecule has 0 radical (unpaired) electrons. The van der Waals surface area contributed by atoms with Gasteiger partial charge < -0.3 is 9.88 Å². The van der Waals surface area contributed by atoms with E-state index in [9.17, 15) is 9.59 Å². The summed E-state index contributed by atoms with van der Waals surface area (Å²) in [6, 6.07) is 25.1. The van der Waals surface area contributed by atoms with E-state index in [1.54, 1.807) is 24.3 Å². The van der Waals surface area contributed by atoms with E-state index in [1.807, 2.05) is 42.5 Å². The van der Waals surface area contributed by atoms with E-state index in [0.717, 1.165) is 17.1 Å². The highest BCUT2D eigenvalue weighted by Crippen LogP contribution is 2.28. The summed E-state index contributed by atoms with van der Waals surface area (Å²) in [6.07, 6.45) is 2.74. The maximum atomic E-state index is 12.7. The summed E-state index contributed by atoms with van der Waals surface area (Å²) in [5.74, 6) is 0.782. The molecule has 0 fully saturated rings. The molecule has 0 unspecified atom stereocenters. The first-order chi connectivity index (χ1) is 18.4. The van der Waals surface area contributed by atoms with E-state index in [2.05, 4.69) is 42.1 Å². The number of hydrogen-bond acceptors (Lipinski definition) is 4. The average molecular weight is 527 g/mol. The SMILES string of the molecule is CC(C)[C@@H](NCCCN1C(=O)c2ccccc2C1=O)c1nc(-c2cccc(Cl)c2)cn1Cc1ccccc1. The van der Waals surface area contributed by atoms with Crippen LogP contribution in [0, 0.1) is 5.92 Å². The summed E-state index contributed by atoms with van der Waals surface area (Å²) < 4.78 is 2.20. The predicted molar refractivity (Wildman–Crippen MR) is 150 cm³/mol. The lowest BCUT2D eigenvalue weighted by Gasteiger charge is -2.24. The van der Waals surface area contributed by atoms with Gasteiger partial charge in [-0.1, -0.05) is 80.0 Å². The highest BCUT2D eigenvalue weighted by Gasteiger charge is 2.34. The Morgan fingerprint density at radius 3 is 2.24 bits per heavy atom. The van der Waals surface area contributed by atoms with E-state index in [1.165, 1.54) is 10.5 Å². The third-order valence-electron chi connectivity index (χ3n) is 6.87. The van der Waals surface area contributed by atoms with Crippen LogP contribution in [0.5, 0.6) is 0 Å². The van der Waals surface area contributed by atoms with E-state index >= 15 is 0 Å². The molecule has 0 saturated carbocycles. The first-order valence-corrected chi connectivity index (χ1v) is 13.4. The van der Waals surface area contributed by atoms with E-state index in [-0.39, 0.29) is 23.8 Å². The number of imide groups is 1. The minimum Gasteiger partial charge on any atom is -0.329 e. The number of nitrogens with zero attached hydrogens (tertiary/aromatic N) is 3. The van der Waals surface area contributed by atoms with Crippen LogP contribution in [-0.4, -0.2) is 39.4 Å². The van der Waals surface area contributed by atoms with Crippen LogP contribution in [0.4, 0.5) is 0 Å². The molecule has 0 spiro atoms. The molecule has 0 aliphatic carbocycles. The molecule has 1 N–H and O–H groups in total. The predicted octanol–water partition coefficient (Wildman–Crippen LogP) is 6.22. The Labute approximate surface area is 228 Å². The third kappa shape index (κ3) is 5.42. The third-order valence-corrected chi connectivity index (χ3v) is 7.10. The number of fused-ring (bicyclic) bond motifs is 1. The molecule has 3 aromatic carbocycles. The summed E-state index contributed by atoms with van der Waals surface area (Å²) >= 11 is 6.27. The van der Waals surface area contributed by atoms with Gasteiger partial charge in [-0.15, -0.1) is 0 Å². The molecule has 1 aromatic heterocycles. The number of hydrogen-bond donors (Lipinski definition) is 1. The van der Waals surface area contributed by atoms with Crippen LogP contribution in [-0.2, 0) is 6.54 Å². The van der Waals surface area contributed by atoms with Gasteiger partial charge in [0.25, 0.3) is 11.8 Å². The van der Waals surface area contributed by atoms with Gasteiger partial charge in [-0.05, 0) is 48.7 Å². The lowest BCUT2D eigenvalue weighted by atomic mass is 10.0. The lowest BCUT2D eigenvalue weighted by molar-refractivity contribution is 0.0652. The number of halogens is 1. The molecule has 1 atom stereocenters. The van der Waals surface area contributed by atoms with Crippen molar-refractivity contribution in [3.8, 4) is 11.3 Å². The van der Waals surface area contributed by atoms with Gasteiger partial charge in [0.05, 0.1) is 22.9 Å². The minimum absolute atomic E-state index is 0.0196. The van der Waals surface area contributed by atoms with Crippen molar-refractivity contribution in [1.82, 2.24) is 19.8 Å². The van der Waals surface area contributed by atoms with Gasteiger partial charge in [-0.2, -0.15) is 0 Å². The molecule has 5 rings (SSSR count). The van der Waals surface area contributed by atoms with Gasteiger partial charge in [0, 0.05) is 29.9 Å². The topological polar surface area (TPSA) is 67.2 Å². The summed E-state index contributed by atoms with van der Waals surface area (Å²) in [4.78, 5) is 31.8. The molecule has 2 amide bonds. The molecule has 1 aliphatic heterocycles. The minimum atomic E-state index is -0.212. The lowest BCUT2D eigenvalue weighted by Crippen LogP contribution is -2.34. The zero-order chi connectivity index (χ0) is 26.6. The Hall–Kier alpha value is -3.74. The Morgan fingerprint density at radius 2 is 1.58 bits per heavy atom. The van der Waals surface area contributed by atoms with Gasteiger partial charge in [0.2, 0.25) is 0 Å². The first-order valence-electron chi connectivity index (χ1n) is 13.0. The number of imidazole rings is 1. The van der Waals surface area contributed by atoms with Crippen molar-refractivity contribution in [2.75, 3.05) is 13.1 Å². The number of aromatic nitrogens is 2. The Balaban J connectivity index is 1.33. The Morgan fingerprint density at radius 1 is 0.895 bits per heavy atom. The van der Waals surface area contributed by atoms with Crippen LogP contribution in [0.2, 0.25) is 5.02 Å². The number of carbonyl (C=O) groups excluding carboxylic acids is 2. The van der Waals surface area contributed by atoms with Crippen molar-refractivity contribution in [2.24, 2.45) is 5.92 Å². The fraction of sp³-hybridized carbons (Fsp3) is 0.258. The average Bonchev–Trinajstić information content (AvgIpc) is 3.43. The van der Waals surface area contributed by atoms with Crippen LogP contribution in [0.25, 0.3) is 11.3 Å². The largest absolute Gasteiger partial charge is 0.329 e. The molecule has 38 heavy (non-hydrogen) atoms. The quantitative estimate of drug-likeness (QED) is 0.197. The molecule has 6 nitrogen and oxygen atoms in total. The second-order valence-corrected chi connectivity index (χ2v) is 10.4. The van der Waals surface area contributed by atoms with Crippen molar-refractivity contribution in [3.05, 3.63) is 113 Å². The van der Waals surface area contributed by atoms with Gasteiger partial charge in [-0.25, -0.2) is 4.98 Å². The standard InChI is InChI=1S/C31H31ClN4O2/c1-21(2)28(33-16-9-17-36-30(37)25-14-6-7-15-26(25)31(36)38)29-34-27(23-12-8-13-24(32)18-23)20-35(29)19-22-10-4-3-5-11-22/h3-8,10-15,18,20-21,28,33H,9,16-17,19H2,1-2H3/t28-/m1/s1. The van der Waals surface area contributed by atoms with Crippen molar-refractivity contribution in [3.63, 3.8) is 0 Å². The molecule has 7 heteroatoms. The first kappa shape index (κ1) is 25.9. The van der Waals surface area contributed by atoms with Crippen molar-refractivity contribution >= 4 is 23.4 Å². The van der Waals surface area contributed by atoms with Crippen LogP contribution in [0.3, 0.4) is 0 Å². The molecule has 194 valence electrons. The molecule has 2 heterocycles. The van der Waals surface area contributed by atoms with Crippen molar-refractivity contribution < 1.29 is 9.59 Å². The molecule has 4 aromatic rings. The van der Waals surface area contributed by atoms with Crippen LogP contribution < -0.4 is 5.32 Å². The zero-order valence-corrected chi connectivity index (χ0v) is 22.4. The van der Waals surface area contributed by atoms with Gasteiger partial charge in [0.15, 0.2) is 0 Å². The number of rotatable bonds is 10. The van der Waals surface area contributed by atoms with E-state index < -0.39 is 0 Å². The molecule has 0 bridgehead atoms. The Kier molecular flexibility index (Phi) is 7.72. The fourth-order valence-electron chi connectivity index (χ4n) is 4.93. The summed E-state index contributed by atoms with van der Waals surface area (Å²) in [5.41, 5.74) is 4.01. The van der Waals surface area contributed by atoms with Gasteiger partial charge in [0.1, 0.15) is 5.82 Å². The second kappa shape index (κ2) is 11.3. The highest BCUT2D eigenvalue weighted by molar-refractivity contribution is 6.30. The number of benzene rings is 3. The van der Waals surface area contributed by atoms with Crippen LogP contribution >= 0.6 is 11.6 Å². The van der Waals surface area contributed by atoms with Crippen LogP contribution in [0.15, 0.2) is 85.1 Å². The molecular formula is C31H31ClN4O2. The summed E-state index contributed by atoms with van der Waals surface area (Å²) in [6.45, 7) is 6.05. The van der Waals surface area contributed by atoms with Crippen molar-refractivity contribution in [2.45, 2.75) is 32.9 Å². The van der Waals surface area contributed by atoms with Gasteiger partial charge >= 0.3 is 0 Å². The number of amides is 2. The maximum Gasteiger partial charge on any atom is 0.261 e. The monoisotopic (exact) mass is 526 g/mol. The summed E-state index contributed by atoms with van der Waals surface area (Å²) in [5, 5.41) is 4.33.